The number of nitrogens with zero attached hydrogens (tertiary/aromatic N) is 4. The summed E-state index contributed by atoms with van der Waals surface area (Å²) in [4.78, 5) is 11.1. The highest BCUT2D eigenvalue weighted by Gasteiger charge is 2.10. The maximum atomic E-state index is 12.8. The molecule has 94 valence electrons. The fraction of sp³-hybridized carbons (Fsp3) is 0.200. The first-order valence-electron chi connectivity index (χ1n) is 5.08. The Kier molecular flexibility index (Phi) is 3.88. The quantitative estimate of drug-likeness (QED) is 0.823. The van der Waals surface area contributed by atoms with Gasteiger partial charge >= 0.3 is 0 Å². The van der Waals surface area contributed by atoms with Crippen molar-refractivity contribution in [3.05, 3.63) is 30.1 Å². The molecule has 0 aliphatic carbocycles. The van der Waals surface area contributed by atoms with E-state index in [1.54, 1.807) is 19.2 Å². The first kappa shape index (κ1) is 12.5. The summed E-state index contributed by atoms with van der Waals surface area (Å²) in [5.41, 5.74) is 0.640. The number of hydrogen-bond donors (Lipinski definition) is 1. The molecule has 6 nitrogen and oxygen atoms in total. The van der Waals surface area contributed by atoms with Gasteiger partial charge in [0.2, 0.25) is 11.1 Å². The number of tetrazole rings is 1. The van der Waals surface area contributed by atoms with Gasteiger partial charge in [-0.05, 0) is 34.7 Å². The minimum Gasteiger partial charge on any atom is -0.358 e. The third-order valence-electron chi connectivity index (χ3n) is 2.12. The molecule has 0 saturated heterocycles. The molecule has 1 N–H and O–H groups in total. The smallest absolute Gasteiger partial charge is 0.230 e. The minimum atomic E-state index is -0.327. The number of amides is 1. The van der Waals surface area contributed by atoms with Crippen LogP contribution in [0.25, 0.3) is 5.69 Å². The molecule has 1 aromatic heterocycles. The molecular formula is C10H10FN5OS. The van der Waals surface area contributed by atoms with Crippen LogP contribution in [0.5, 0.6) is 0 Å². The van der Waals surface area contributed by atoms with Crippen LogP contribution < -0.4 is 5.32 Å². The Morgan fingerprint density at radius 2 is 2.17 bits per heavy atom. The summed E-state index contributed by atoms with van der Waals surface area (Å²) in [7, 11) is 1.56. The highest BCUT2D eigenvalue weighted by molar-refractivity contribution is 7.99. The van der Waals surface area contributed by atoms with E-state index >= 15 is 0 Å². The van der Waals surface area contributed by atoms with Crippen molar-refractivity contribution >= 4 is 17.7 Å². The summed E-state index contributed by atoms with van der Waals surface area (Å²) >= 11 is 1.21. The molecule has 1 heterocycles. The predicted octanol–water partition coefficient (Wildman–Crippen LogP) is 0.639. The number of hydrogen-bond acceptors (Lipinski definition) is 5. The van der Waals surface area contributed by atoms with Crippen molar-refractivity contribution in [3.8, 4) is 5.69 Å². The van der Waals surface area contributed by atoms with E-state index in [0.717, 1.165) is 0 Å². The van der Waals surface area contributed by atoms with Crippen LogP contribution in [0.3, 0.4) is 0 Å². The summed E-state index contributed by atoms with van der Waals surface area (Å²) in [5, 5.41) is 14.1. The normalized spacial score (nSPS) is 10.3. The molecule has 18 heavy (non-hydrogen) atoms. The average Bonchev–Trinajstić information content (AvgIpc) is 2.85. The third-order valence-corrected chi connectivity index (χ3v) is 3.04. The van der Waals surface area contributed by atoms with Gasteiger partial charge in [-0.2, -0.15) is 4.68 Å². The Bertz CT molecular complexity index is 541. The molecule has 0 bridgehead atoms. The van der Waals surface area contributed by atoms with Crippen molar-refractivity contribution in [3.63, 3.8) is 0 Å². The molecule has 0 radical (unpaired) electrons. The molecule has 2 rings (SSSR count). The van der Waals surface area contributed by atoms with Crippen LogP contribution in [0.1, 0.15) is 0 Å². The fourth-order valence-corrected chi connectivity index (χ4v) is 1.98. The van der Waals surface area contributed by atoms with Crippen molar-refractivity contribution < 1.29 is 9.18 Å². The first-order chi connectivity index (χ1) is 8.70. The summed E-state index contributed by atoms with van der Waals surface area (Å²) in [6.45, 7) is 0. The SMILES string of the molecule is CNC(=O)CSc1nnnn1-c1ccc(F)cc1. The maximum absolute atomic E-state index is 12.8. The monoisotopic (exact) mass is 267 g/mol. The van der Waals surface area contributed by atoms with E-state index in [0.29, 0.717) is 10.8 Å². The van der Waals surface area contributed by atoms with Crippen LogP contribution in [-0.4, -0.2) is 38.9 Å². The van der Waals surface area contributed by atoms with E-state index in [1.807, 2.05) is 0 Å². The summed E-state index contributed by atoms with van der Waals surface area (Å²) < 4.78 is 14.3. The topological polar surface area (TPSA) is 72.7 Å². The van der Waals surface area contributed by atoms with Gasteiger partial charge < -0.3 is 5.32 Å². The van der Waals surface area contributed by atoms with Crippen molar-refractivity contribution in [2.75, 3.05) is 12.8 Å². The van der Waals surface area contributed by atoms with Crippen molar-refractivity contribution in [1.82, 2.24) is 25.5 Å². The second kappa shape index (κ2) is 5.58. The third kappa shape index (κ3) is 2.83. The Morgan fingerprint density at radius 3 is 2.83 bits per heavy atom. The lowest BCUT2D eigenvalue weighted by Gasteiger charge is -2.03. The number of carbonyl (C=O) groups is 1. The first-order valence-corrected chi connectivity index (χ1v) is 6.07. The number of benzene rings is 1. The van der Waals surface area contributed by atoms with Crippen LogP contribution in [0.4, 0.5) is 4.39 Å². The van der Waals surface area contributed by atoms with Gasteiger partial charge in [-0.25, -0.2) is 4.39 Å². The van der Waals surface area contributed by atoms with Gasteiger partial charge in [-0.15, -0.1) is 5.10 Å². The highest BCUT2D eigenvalue weighted by atomic mass is 32.2. The van der Waals surface area contributed by atoms with Crippen LogP contribution in [0.15, 0.2) is 29.4 Å². The van der Waals surface area contributed by atoms with Gasteiger partial charge in [0.25, 0.3) is 0 Å². The Labute approximate surface area is 107 Å². The predicted molar refractivity (Wildman–Crippen MR) is 63.9 cm³/mol. The molecule has 0 unspecified atom stereocenters. The molecule has 0 fully saturated rings. The van der Waals surface area contributed by atoms with E-state index in [-0.39, 0.29) is 17.5 Å². The van der Waals surface area contributed by atoms with E-state index in [4.69, 9.17) is 0 Å². The van der Waals surface area contributed by atoms with Crippen molar-refractivity contribution in [2.45, 2.75) is 5.16 Å². The molecule has 1 aromatic carbocycles. The van der Waals surface area contributed by atoms with Gasteiger partial charge in [0.15, 0.2) is 0 Å². The van der Waals surface area contributed by atoms with Crippen molar-refractivity contribution in [1.29, 1.82) is 0 Å². The summed E-state index contributed by atoms with van der Waals surface area (Å²) in [6, 6.07) is 5.78. The molecular weight excluding hydrogens is 257 g/mol. The second-order valence-electron chi connectivity index (χ2n) is 3.31. The van der Waals surface area contributed by atoms with Gasteiger partial charge in [0, 0.05) is 7.05 Å². The van der Waals surface area contributed by atoms with E-state index < -0.39 is 0 Å². The molecule has 8 heteroatoms. The van der Waals surface area contributed by atoms with Gasteiger partial charge in [0.1, 0.15) is 5.82 Å². The lowest BCUT2D eigenvalue weighted by Crippen LogP contribution is -2.20. The Balaban J connectivity index is 2.17. The number of nitrogens with one attached hydrogen (secondary N) is 1. The number of carbonyl (C=O) groups excluding carboxylic acids is 1. The average molecular weight is 267 g/mol. The van der Waals surface area contributed by atoms with E-state index in [1.165, 1.54) is 28.6 Å². The number of halogens is 1. The second-order valence-corrected chi connectivity index (χ2v) is 4.25. The van der Waals surface area contributed by atoms with Crippen LogP contribution >= 0.6 is 11.8 Å². The zero-order valence-electron chi connectivity index (χ0n) is 9.50. The van der Waals surface area contributed by atoms with Gasteiger partial charge in [0.05, 0.1) is 11.4 Å². The molecule has 0 saturated carbocycles. The molecule has 2 aromatic rings. The summed E-state index contributed by atoms with van der Waals surface area (Å²) in [5.74, 6) is -0.224. The Hall–Kier alpha value is -1.96. The van der Waals surface area contributed by atoms with Crippen molar-refractivity contribution in [2.24, 2.45) is 0 Å². The van der Waals surface area contributed by atoms with E-state index in [2.05, 4.69) is 20.8 Å². The van der Waals surface area contributed by atoms with Gasteiger partial charge in [-0.3, -0.25) is 4.79 Å². The Morgan fingerprint density at radius 1 is 1.44 bits per heavy atom. The molecule has 0 atom stereocenters. The lowest BCUT2D eigenvalue weighted by atomic mass is 10.3. The molecule has 0 aliphatic heterocycles. The largest absolute Gasteiger partial charge is 0.358 e. The van der Waals surface area contributed by atoms with Crippen LogP contribution in [0.2, 0.25) is 0 Å². The van der Waals surface area contributed by atoms with E-state index in [9.17, 15) is 9.18 Å². The van der Waals surface area contributed by atoms with Crippen LogP contribution in [-0.2, 0) is 4.79 Å². The maximum Gasteiger partial charge on any atom is 0.230 e. The standard InChI is InChI=1S/C10H10FN5OS/c1-12-9(17)6-18-10-13-14-15-16(10)8-4-2-7(11)3-5-8/h2-5H,6H2,1H3,(H,12,17). The molecule has 1 amide bonds. The van der Waals surface area contributed by atoms with Gasteiger partial charge in [-0.1, -0.05) is 11.8 Å². The molecule has 0 aliphatic rings. The lowest BCUT2D eigenvalue weighted by molar-refractivity contribution is -0.118. The van der Waals surface area contributed by atoms with Crippen LogP contribution in [0, 0.1) is 5.82 Å². The minimum absolute atomic E-state index is 0.117. The highest BCUT2D eigenvalue weighted by Crippen LogP contribution is 2.17. The molecule has 0 spiro atoms. The fourth-order valence-electron chi connectivity index (χ4n) is 1.22. The number of rotatable bonds is 4. The number of aromatic nitrogens is 4. The summed E-state index contributed by atoms with van der Waals surface area (Å²) in [6.07, 6.45) is 0. The zero-order valence-corrected chi connectivity index (χ0v) is 10.3. The number of thioether (sulfide) groups is 1. The zero-order chi connectivity index (χ0) is 13.0.